The smallest absolute Gasteiger partial charge is 0.124 e. The van der Waals surface area contributed by atoms with Crippen molar-refractivity contribution in [3.8, 4) is 21.7 Å². The average molecular weight is 342 g/mol. The summed E-state index contributed by atoms with van der Waals surface area (Å²) in [5.74, 6) is 0.521. The van der Waals surface area contributed by atoms with E-state index in [0.717, 1.165) is 27.7 Å². The van der Waals surface area contributed by atoms with Crippen molar-refractivity contribution < 1.29 is 0 Å². The summed E-state index contributed by atoms with van der Waals surface area (Å²) in [5.41, 5.74) is 9.94. The lowest BCUT2D eigenvalue weighted by molar-refractivity contribution is 1.12. The van der Waals surface area contributed by atoms with Crippen molar-refractivity contribution >= 4 is 38.1 Å². The van der Waals surface area contributed by atoms with Crippen molar-refractivity contribution in [3.63, 3.8) is 0 Å². The topological polar surface area (TPSA) is 67.6 Å². The van der Waals surface area contributed by atoms with Crippen LogP contribution in [0.2, 0.25) is 0 Å². The van der Waals surface area contributed by atoms with Gasteiger partial charge in [0.05, 0.1) is 17.4 Å². The molecule has 4 nitrogen and oxygen atoms in total. The van der Waals surface area contributed by atoms with Crippen LogP contribution in [0.25, 0.3) is 42.7 Å². The Bertz CT molecular complexity index is 1190. The van der Waals surface area contributed by atoms with Crippen LogP contribution in [0.15, 0.2) is 66.9 Å². The molecule has 5 heteroatoms. The molecule has 0 saturated carbocycles. The predicted molar refractivity (Wildman–Crippen MR) is 105 cm³/mol. The molecule has 0 spiro atoms. The summed E-state index contributed by atoms with van der Waals surface area (Å²) in [6, 6.07) is 20.6. The van der Waals surface area contributed by atoms with E-state index in [0.29, 0.717) is 5.82 Å². The number of fused-ring (bicyclic) bond motifs is 2. The molecule has 0 aliphatic heterocycles. The number of aromatic amines is 1. The highest BCUT2D eigenvalue weighted by Gasteiger charge is 2.13. The van der Waals surface area contributed by atoms with Gasteiger partial charge in [0.25, 0.3) is 0 Å². The first-order valence-electron chi connectivity index (χ1n) is 7.97. The highest BCUT2D eigenvalue weighted by Crippen LogP contribution is 2.38. The summed E-state index contributed by atoms with van der Waals surface area (Å²) in [4.78, 5) is 5.67. The van der Waals surface area contributed by atoms with Crippen LogP contribution >= 0.6 is 11.3 Å². The molecule has 0 unspecified atom stereocenters. The van der Waals surface area contributed by atoms with E-state index >= 15 is 0 Å². The molecule has 0 radical (unpaired) electrons. The van der Waals surface area contributed by atoms with Gasteiger partial charge in [-0.2, -0.15) is 5.10 Å². The molecule has 120 valence electrons. The molecular formula is C20H14N4S. The Hall–Kier alpha value is -3.18. The van der Waals surface area contributed by atoms with Crippen molar-refractivity contribution in [2.45, 2.75) is 0 Å². The average Bonchev–Trinajstić information content (AvgIpc) is 3.27. The minimum absolute atomic E-state index is 0.521. The Morgan fingerprint density at radius 2 is 1.84 bits per heavy atom. The van der Waals surface area contributed by atoms with Gasteiger partial charge in [-0.25, -0.2) is 4.98 Å². The van der Waals surface area contributed by atoms with Crippen molar-refractivity contribution in [1.82, 2.24) is 15.2 Å². The number of nitrogens with zero attached hydrogens (tertiary/aromatic N) is 2. The first-order chi connectivity index (χ1) is 12.3. The normalized spacial score (nSPS) is 11.4. The quantitative estimate of drug-likeness (QED) is 0.469. The van der Waals surface area contributed by atoms with E-state index in [2.05, 4.69) is 57.6 Å². The van der Waals surface area contributed by atoms with Gasteiger partial charge in [0, 0.05) is 26.1 Å². The number of benzene rings is 2. The van der Waals surface area contributed by atoms with Gasteiger partial charge in [0.1, 0.15) is 5.82 Å². The van der Waals surface area contributed by atoms with Gasteiger partial charge in [-0.05, 0) is 41.8 Å². The Morgan fingerprint density at radius 3 is 2.72 bits per heavy atom. The second-order valence-electron chi connectivity index (χ2n) is 5.95. The molecule has 5 aromatic rings. The molecule has 0 aliphatic rings. The number of nitrogens with two attached hydrogens (primary N) is 1. The fourth-order valence-electron chi connectivity index (χ4n) is 3.13. The highest BCUT2D eigenvalue weighted by atomic mass is 32.1. The van der Waals surface area contributed by atoms with Gasteiger partial charge in [-0.15, -0.1) is 11.3 Å². The van der Waals surface area contributed by atoms with Gasteiger partial charge >= 0.3 is 0 Å². The third kappa shape index (κ3) is 2.37. The van der Waals surface area contributed by atoms with Crippen molar-refractivity contribution in [1.29, 1.82) is 0 Å². The fraction of sp³-hybridized carbons (Fsp3) is 0. The monoisotopic (exact) mass is 342 g/mol. The summed E-state index contributed by atoms with van der Waals surface area (Å²) in [7, 11) is 0. The fourth-order valence-corrected chi connectivity index (χ4v) is 4.21. The number of aromatic nitrogens is 3. The number of hydrogen-bond donors (Lipinski definition) is 2. The summed E-state index contributed by atoms with van der Waals surface area (Å²) in [5, 5.41) is 9.68. The maximum atomic E-state index is 5.86. The Morgan fingerprint density at radius 1 is 0.920 bits per heavy atom. The predicted octanol–water partition coefficient (Wildman–Crippen LogP) is 5.09. The maximum absolute atomic E-state index is 5.86. The molecule has 2 aromatic carbocycles. The van der Waals surface area contributed by atoms with Crippen LogP contribution in [-0.2, 0) is 0 Å². The zero-order chi connectivity index (χ0) is 16.8. The minimum atomic E-state index is 0.521. The van der Waals surface area contributed by atoms with E-state index in [1.807, 2.05) is 18.3 Å². The van der Waals surface area contributed by atoms with Crippen LogP contribution in [0.4, 0.5) is 5.82 Å². The number of thiophene rings is 1. The zero-order valence-electron chi connectivity index (χ0n) is 13.2. The lowest BCUT2D eigenvalue weighted by Gasteiger charge is -2.06. The number of nitrogen functional groups attached to an aromatic ring is 1. The van der Waals surface area contributed by atoms with Gasteiger partial charge in [-0.3, -0.25) is 5.10 Å². The Kier molecular flexibility index (Phi) is 3.08. The molecule has 0 saturated heterocycles. The molecule has 0 bridgehead atoms. The number of rotatable bonds is 2. The van der Waals surface area contributed by atoms with Gasteiger partial charge < -0.3 is 5.73 Å². The molecule has 3 aromatic heterocycles. The molecule has 0 amide bonds. The SMILES string of the molecule is Nc1cccc(-c2cc(-c3cc4ccccc4s3)c3[nH]ncc3c2)n1. The van der Waals surface area contributed by atoms with E-state index in [1.165, 1.54) is 15.0 Å². The largest absolute Gasteiger partial charge is 0.384 e. The zero-order valence-corrected chi connectivity index (χ0v) is 14.0. The van der Waals surface area contributed by atoms with Crippen molar-refractivity contribution in [2.75, 3.05) is 5.73 Å². The molecule has 3 heterocycles. The van der Waals surface area contributed by atoms with Crippen molar-refractivity contribution in [2.24, 2.45) is 0 Å². The number of hydrogen-bond acceptors (Lipinski definition) is 4. The summed E-state index contributed by atoms with van der Waals surface area (Å²) in [6.07, 6.45) is 1.85. The van der Waals surface area contributed by atoms with Crippen LogP contribution < -0.4 is 5.73 Å². The lowest BCUT2D eigenvalue weighted by Crippen LogP contribution is -1.91. The summed E-state index contributed by atoms with van der Waals surface area (Å²) >= 11 is 1.78. The van der Waals surface area contributed by atoms with E-state index in [9.17, 15) is 0 Å². The first-order valence-corrected chi connectivity index (χ1v) is 8.78. The highest BCUT2D eigenvalue weighted by molar-refractivity contribution is 7.22. The van der Waals surface area contributed by atoms with Crippen LogP contribution in [-0.4, -0.2) is 15.2 Å². The van der Waals surface area contributed by atoms with E-state index in [4.69, 9.17) is 5.73 Å². The third-order valence-electron chi connectivity index (χ3n) is 4.31. The number of pyridine rings is 1. The number of anilines is 1. The van der Waals surface area contributed by atoms with Gasteiger partial charge in [-0.1, -0.05) is 24.3 Å². The lowest BCUT2D eigenvalue weighted by atomic mass is 10.0. The number of nitrogens with one attached hydrogen (secondary N) is 1. The molecule has 0 aliphatic carbocycles. The second-order valence-corrected chi connectivity index (χ2v) is 7.04. The van der Waals surface area contributed by atoms with E-state index < -0.39 is 0 Å². The molecular weight excluding hydrogens is 328 g/mol. The molecule has 3 N–H and O–H groups in total. The van der Waals surface area contributed by atoms with Crippen molar-refractivity contribution in [3.05, 3.63) is 66.9 Å². The summed E-state index contributed by atoms with van der Waals surface area (Å²) in [6.45, 7) is 0. The Balaban J connectivity index is 1.78. The molecule has 0 fully saturated rings. The van der Waals surface area contributed by atoms with Crippen LogP contribution in [0, 0.1) is 0 Å². The van der Waals surface area contributed by atoms with Gasteiger partial charge in [0.2, 0.25) is 0 Å². The van der Waals surface area contributed by atoms with E-state index in [-0.39, 0.29) is 0 Å². The van der Waals surface area contributed by atoms with E-state index in [1.54, 1.807) is 17.4 Å². The van der Waals surface area contributed by atoms with Crippen LogP contribution in [0.1, 0.15) is 0 Å². The standard InChI is InChI=1S/C20H14N4S/c21-19-7-3-5-16(23-19)13-8-14-11-22-24-20(14)15(9-13)18-10-12-4-1-2-6-17(12)25-18/h1-11H,(H2,21,23)(H,22,24). The first kappa shape index (κ1) is 14.2. The second kappa shape index (κ2) is 5.43. The molecule has 0 atom stereocenters. The Labute approximate surface area is 148 Å². The minimum Gasteiger partial charge on any atom is -0.384 e. The van der Waals surface area contributed by atoms with Gasteiger partial charge in [0.15, 0.2) is 0 Å². The molecule has 25 heavy (non-hydrogen) atoms. The summed E-state index contributed by atoms with van der Waals surface area (Å²) < 4.78 is 1.28. The number of H-pyrrole nitrogens is 1. The van der Waals surface area contributed by atoms with Crippen LogP contribution in [0.5, 0.6) is 0 Å². The third-order valence-corrected chi connectivity index (χ3v) is 5.46. The maximum Gasteiger partial charge on any atom is 0.124 e. The molecule has 5 rings (SSSR count). The van der Waals surface area contributed by atoms with Crippen LogP contribution in [0.3, 0.4) is 0 Å².